The molecule has 0 unspecified atom stereocenters. The molecule has 0 bridgehead atoms. The zero-order chi connectivity index (χ0) is 9.30. The summed E-state index contributed by atoms with van der Waals surface area (Å²) in [5.41, 5.74) is -0.957. The minimum Gasteiger partial charge on any atom is -0.258 e. The van der Waals surface area contributed by atoms with Gasteiger partial charge in [0, 0.05) is 0 Å². The van der Waals surface area contributed by atoms with Crippen LogP contribution in [0.2, 0.25) is 0 Å². The molecular formula is C4HBrN2O4S. The summed E-state index contributed by atoms with van der Waals surface area (Å²) in [5, 5.41) is 21.6. The molecule has 64 valence electrons. The zero-order valence-corrected chi connectivity index (χ0v) is 7.79. The maximum atomic E-state index is 10.3. The number of hydrogen-bond acceptors (Lipinski definition) is 5. The van der Waals surface area contributed by atoms with Crippen molar-refractivity contribution >= 4 is 38.6 Å². The van der Waals surface area contributed by atoms with Crippen LogP contribution >= 0.6 is 27.3 Å². The van der Waals surface area contributed by atoms with Gasteiger partial charge >= 0.3 is 11.4 Å². The summed E-state index contributed by atoms with van der Waals surface area (Å²) in [6, 6.07) is 0. The standard InChI is InChI=1S/C4HBrN2O4S/c5-4-3(7(10)11)2(1-12-4)6(8)9/h1H. The van der Waals surface area contributed by atoms with Gasteiger partial charge in [-0.2, -0.15) is 0 Å². The van der Waals surface area contributed by atoms with E-state index in [-0.39, 0.29) is 3.79 Å². The van der Waals surface area contributed by atoms with E-state index in [0.717, 1.165) is 16.7 Å². The van der Waals surface area contributed by atoms with Crippen LogP contribution in [0.4, 0.5) is 11.4 Å². The van der Waals surface area contributed by atoms with E-state index in [9.17, 15) is 20.2 Å². The molecule has 0 radical (unpaired) electrons. The molecular weight excluding hydrogens is 252 g/mol. The molecule has 12 heavy (non-hydrogen) atoms. The molecule has 0 aromatic carbocycles. The van der Waals surface area contributed by atoms with Crippen molar-refractivity contribution in [2.24, 2.45) is 0 Å². The molecule has 0 amide bonds. The van der Waals surface area contributed by atoms with E-state index in [2.05, 4.69) is 15.9 Å². The number of nitro groups is 2. The summed E-state index contributed by atoms with van der Waals surface area (Å²) in [4.78, 5) is 19.0. The highest BCUT2D eigenvalue weighted by atomic mass is 79.9. The summed E-state index contributed by atoms with van der Waals surface area (Å²) in [5.74, 6) is 0. The van der Waals surface area contributed by atoms with E-state index in [0.29, 0.717) is 0 Å². The second-order valence-electron chi connectivity index (χ2n) is 1.76. The van der Waals surface area contributed by atoms with Crippen LogP contribution in [0.25, 0.3) is 0 Å². The molecule has 0 saturated carbocycles. The van der Waals surface area contributed by atoms with Crippen molar-refractivity contribution in [1.29, 1.82) is 0 Å². The second kappa shape index (κ2) is 3.15. The SMILES string of the molecule is O=[N+]([O-])c1csc(Br)c1[N+](=O)[O-]. The van der Waals surface area contributed by atoms with Gasteiger partial charge in [-0.1, -0.05) is 0 Å². The van der Waals surface area contributed by atoms with Crippen LogP contribution in [0.3, 0.4) is 0 Å². The number of rotatable bonds is 2. The van der Waals surface area contributed by atoms with Gasteiger partial charge in [0.1, 0.15) is 0 Å². The minimum atomic E-state index is -0.779. The van der Waals surface area contributed by atoms with E-state index in [1.54, 1.807) is 0 Å². The van der Waals surface area contributed by atoms with Gasteiger partial charge in [-0.25, -0.2) is 0 Å². The molecule has 1 aromatic heterocycles. The van der Waals surface area contributed by atoms with Gasteiger partial charge in [-0.15, -0.1) is 11.3 Å². The van der Waals surface area contributed by atoms with Gasteiger partial charge in [0.25, 0.3) is 0 Å². The summed E-state index contributed by atoms with van der Waals surface area (Å²) >= 11 is 3.78. The number of halogens is 1. The van der Waals surface area contributed by atoms with Crippen molar-refractivity contribution in [3.63, 3.8) is 0 Å². The van der Waals surface area contributed by atoms with E-state index in [1.165, 1.54) is 0 Å². The van der Waals surface area contributed by atoms with E-state index < -0.39 is 21.2 Å². The molecule has 0 N–H and O–H groups in total. The Morgan fingerprint density at radius 2 is 1.92 bits per heavy atom. The first-order valence-electron chi connectivity index (χ1n) is 2.59. The molecule has 0 fully saturated rings. The van der Waals surface area contributed by atoms with Crippen LogP contribution < -0.4 is 0 Å². The first-order valence-corrected chi connectivity index (χ1v) is 4.27. The van der Waals surface area contributed by atoms with Gasteiger partial charge in [0.05, 0.1) is 15.2 Å². The molecule has 0 saturated heterocycles. The smallest absolute Gasteiger partial charge is 0.258 e. The Hall–Kier alpha value is -1.02. The zero-order valence-electron chi connectivity index (χ0n) is 5.39. The Kier molecular flexibility index (Phi) is 2.38. The van der Waals surface area contributed by atoms with Gasteiger partial charge in [-0.05, 0) is 15.9 Å². The predicted molar refractivity (Wildman–Crippen MR) is 45.3 cm³/mol. The Morgan fingerprint density at radius 1 is 1.33 bits per heavy atom. The Bertz CT molecular complexity index is 349. The molecule has 1 rings (SSSR count). The number of thiophene rings is 1. The number of nitrogens with zero attached hydrogens (tertiary/aromatic N) is 2. The molecule has 0 spiro atoms. The topological polar surface area (TPSA) is 86.3 Å². The maximum absolute atomic E-state index is 10.3. The lowest BCUT2D eigenvalue weighted by atomic mass is 10.5. The summed E-state index contributed by atoms with van der Waals surface area (Å²) in [6.07, 6.45) is 0. The van der Waals surface area contributed by atoms with Crippen LogP contribution in [0.1, 0.15) is 0 Å². The van der Waals surface area contributed by atoms with Crippen molar-refractivity contribution < 1.29 is 9.85 Å². The highest BCUT2D eigenvalue weighted by Crippen LogP contribution is 2.39. The first-order chi connectivity index (χ1) is 5.54. The van der Waals surface area contributed by atoms with Crippen molar-refractivity contribution in [2.45, 2.75) is 0 Å². The molecule has 8 heteroatoms. The molecule has 0 aliphatic carbocycles. The van der Waals surface area contributed by atoms with Crippen molar-refractivity contribution in [3.05, 3.63) is 29.4 Å². The largest absolute Gasteiger partial charge is 0.370 e. The Morgan fingerprint density at radius 3 is 2.25 bits per heavy atom. The van der Waals surface area contributed by atoms with E-state index in [4.69, 9.17) is 0 Å². The van der Waals surface area contributed by atoms with E-state index >= 15 is 0 Å². The van der Waals surface area contributed by atoms with Crippen LogP contribution in [-0.2, 0) is 0 Å². The van der Waals surface area contributed by atoms with Crippen molar-refractivity contribution in [1.82, 2.24) is 0 Å². The van der Waals surface area contributed by atoms with Gasteiger partial charge < -0.3 is 0 Å². The van der Waals surface area contributed by atoms with Crippen molar-refractivity contribution in [2.75, 3.05) is 0 Å². The first kappa shape index (κ1) is 9.07. The van der Waals surface area contributed by atoms with Crippen LogP contribution in [0.15, 0.2) is 9.17 Å². The monoisotopic (exact) mass is 252 g/mol. The molecule has 0 aliphatic heterocycles. The average Bonchev–Trinajstić information content (AvgIpc) is 2.30. The fraction of sp³-hybridized carbons (Fsp3) is 0. The highest BCUT2D eigenvalue weighted by molar-refractivity contribution is 9.11. The van der Waals surface area contributed by atoms with Gasteiger partial charge in [0.15, 0.2) is 3.79 Å². The summed E-state index contributed by atoms with van der Waals surface area (Å²) in [6.45, 7) is 0. The number of hydrogen-bond donors (Lipinski definition) is 0. The van der Waals surface area contributed by atoms with Gasteiger partial charge in [0.2, 0.25) is 0 Å². The average molecular weight is 253 g/mol. The molecule has 0 aliphatic rings. The lowest BCUT2D eigenvalue weighted by molar-refractivity contribution is -0.422. The molecule has 6 nitrogen and oxygen atoms in total. The van der Waals surface area contributed by atoms with Crippen LogP contribution in [0, 0.1) is 20.2 Å². The van der Waals surface area contributed by atoms with Crippen LogP contribution in [-0.4, -0.2) is 9.85 Å². The molecule has 0 atom stereocenters. The maximum Gasteiger partial charge on any atom is 0.370 e. The fourth-order valence-corrected chi connectivity index (χ4v) is 1.95. The highest BCUT2D eigenvalue weighted by Gasteiger charge is 2.29. The van der Waals surface area contributed by atoms with Crippen LogP contribution in [0.5, 0.6) is 0 Å². The third kappa shape index (κ3) is 1.43. The Labute approximate surface area is 78.2 Å². The Balaban J connectivity index is 3.31. The molecule has 1 heterocycles. The molecule has 1 aromatic rings. The lowest BCUT2D eigenvalue weighted by Crippen LogP contribution is -1.92. The second-order valence-corrected chi connectivity index (χ2v) is 3.96. The third-order valence-electron chi connectivity index (χ3n) is 1.08. The normalized spacial score (nSPS) is 9.75. The van der Waals surface area contributed by atoms with E-state index in [1.807, 2.05) is 0 Å². The lowest BCUT2D eigenvalue weighted by Gasteiger charge is -1.86. The predicted octanol–water partition coefficient (Wildman–Crippen LogP) is 2.33. The third-order valence-corrected chi connectivity index (χ3v) is 2.76. The summed E-state index contributed by atoms with van der Waals surface area (Å²) < 4.78 is 0.166. The quantitative estimate of drug-likeness (QED) is 0.597. The minimum absolute atomic E-state index is 0.166. The summed E-state index contributed by atoms with van der Waals surface area (Å²) in [7, 11) is 0. The fourth-order valence-electron chi connectivity index (χ4n) is 0.615. The van der Waals surface area contributed by atoms with Crippen molar-refractivity contribution in [3.8, 4) is 0 Å². The van der Waals surface area contributed by atoms with Gasteiger partial charge in [-0.3, -0.25) is 20.2 Å².